The zero-order chi connectivity index (χ0) is 12.3. The summed E-state index contributed by atoms with van der Waals surface area (Å²) in [6.07, 6.45) is 0. The molecule has 0 atom stereocenters. The lowest BCUT2D eigenvalue weighted by Crippen LogP contribution is -1.97. The van der Waals surface area contributed by atoms with Crippen LogP contribution < -0.4 is 5.32 Å². The van der Waals surface area contributed by atoms with E-state index < -0.39 is 4.92 Å². The number of hydrogen-bond acceptors (Lipinski definition) is 5. The maximum Gasteiger partial charge on any atom is 0.296 e. The Kier molecular flexibility index (Phi) is 2.92. The SMILES string of the molecule is CC#CCNc1nc2ccc([N+](=O)[O-])cc2o1. The molecule has 0 aliphatic carbocycles. The second-order valence-corrected chi connectivity index (χ2v) is 3.21. The highest BCUT2D eigenvalue weighted by atomic mass is 16.6. The van der Waals surface area contributed by atoms with E-state index in [0.717, 1.165) is 0 Å². The van der Waals surface area contributed by atoms with Gasteiger partial charge in [-0.3, -0.25) is 10.1 Å². The highest BCUT2D eigenvalue weighted by molar-refractivity contribution is 5.77. The molecule has 0 fully saturated rings. The smallest absolute Gasteiger partial charge is 0.296 e. The molecule has 0 aliphatic heterocycles. The molecule has 0 radical (unpaired) electrons. The van der Waals surface area contributed by atoms with Gasteiger partial charge in [0, 0.05) is 6.07 Å². The number of fused-ring (bicyclic) bond motifs is 1. The topological polar surface area (TPSA) is 81.2 Å². The first-order chi connectivity index (χ1) is 8.20. The molecule has 17 heavy (non-hydrogen) atoms. The molecule has 1 heterocycles. The fraction of sp³-hybridized carbons (Fsp3) is 0.182. The minimum Gasteiger partial charge on any atom is -0.423 e. The third-order valence-corrected chi connectivity index (χ3v) is 2.09. The maximum absolute atomic E-state index is 10.6. The van der Waals surface area contributed by atoms with Crippen LogP contribution in [0.5, 0.6) is 0 Å². The summed E-state index contributed by atoms with van der Waals surface area (Å²) in [7, 11) is 0. The van der Waals surface area contributed by atoms with Gasteiger partial charge in [-0.25, -0.2) is 0 Å². The lowest BCUT2D eigenvalue weighted by molar-refractivity contribution is -0.384. The van der Waals surface area contributed by atoms with Crippen LogP contribution in [0.1, 0.15) is 6.92 Å². The van der Waals surface area contributed by atoms with E-state index in [4.69, 9.17) is 4.42 Å². The Balaban J connectivity index is 2.29. The third-order valence-electron chi connectivity index (χ3n) is 2.09. The number of nitrogens with one attached hydrogen (secondary N) is 1. The molecule has 0 spiro atoms. The summed E-state index contributed by atoms with van der Waals surface area (Å²) >= 11 is 0. The molecule has 0 saturated heterocycles. The molecule has 0 amide bonds. The highest BCUT2D eigenvalue weighted by Gasteiger charge is 2.10. The number of nitrogens with zero attached hydrogens (tertiary/aromatic N) is 2. The molecule has 1 aromatic carbocycles. The second-order valence-electron chi connectivity index (χ2n) is 3.21. The average molecular weight is 231 g/mol. The normalized spacial score (nSPS) is 9.71. The van der Waals surface area contributed by atoms with Crippen molar-refractivity contribution in [2.45, 2.75) is 6.92 Å². The van der Waals surface area contributed by atoms with E-state index in [1.165, 1.54) is 12.1 Å². The van der Waals surface area contributed by atoms with Gasteiger partial charge in [0.05, 0.1) is 17.5 Å². The summed E-state index contributed by atoms with van der Waals surface area (Å²) in [5.41, 5.74) is 0.933. The van der Waals surface area contributed by atoms with E-state index in [0.29, 0.717) is 23.7 Å². The van der Waals surface area contributed by atoms with Gasteiger partial charge in [0.2, 0.25) is 0 Å². The first kappa shape index (κ1) is 11.0. The van der Waals surface area contributed by atoms with Crippen molar-refractivity contribution in [1.29, 1.82) is 0 Å². The fourth-order valence-electron chi connectivity index (χ4n) is 1.31. The number of nitro groups is 1. The summed E-state index contributed by atoms with van der Waals surface area (Å²) in [6, 6.07) is 4.59. The van der Waals surface area contributed by atoms with Crippen LogP contribution in [0.25, 0.3) is 11.1 Å². The number of non-ortho nitro benzene ring substituents is 1. The van der Waals surface area contributed by atoms with Gasteiger partial charge in [-0.2, -0.15) is 4.98 Å². The van der Waals surface area contributed by atoms with Crippen LogP contribution in [0, 0.1) is 22.0 Å². The Hall–Kier alpha value is -2.55. The molecule has 6 nitrogen and oxygen atoms in total. The summed E-state index contributed by atoms with van der Waals surface area (Å²) < 4.78 is 5.31. The number of nitro benzene ring substituents is 1. The number of benzene rings is 1. The van der Waals surface area contributed by atoms with Crippen molar-refractivity contribution < 1.29 is 9.34 Å². The van der Waals surface area contributed by atoms with Crippen molar-refractivity contribution in [3.8, 4) is 11.8 Å². The lowest BCUT2D eigenvalue weighted by Gasteiger charge is -1.91. The van der Waals surface area contributed by atoms with Gasteiger partial charge in [0.25, 0.3) is 11.7 Å². The number of rotatable bonds is 3. The first-order valence-corrected chi connectivity index (χ1v) is 4.89. The van der Waals surface area contributed by atoms with E-state index >= 15 is 0 Å². The second kappa shape index (κ2) is 4.53. The molecule has 2 rings (SSSR count). The van der Waals surface area contributed by atoms with Crippen molar-refractivity contribution in [2.24, 2.45) is 0 Å². The Bertz CT molecular complexity index is 622. The van der Waals surface area contributed by atoms with E-state index in [1.807, 2.05) is 0 Å². The molecule has 0 bridgehead atoms. The minimum atomic E-state index is -0.475. The van der Waals surface area contributed by atoms with Crippen molar-refractivity contribution >= 4 is 22.8 Å². The number of hydrogen-bond donors (Lipinski definition) is 1. The van der Waals surface area contributed by atoms with E-state index in [-0.39, 0.29) is 5.69 Å². The van der Waals surface area contributed by atoms with Gasteiger partial charge in [0.1, 0.15) is 5.52 Å². The summed E-state index contributed by atoms with van der Waals surface area (Å²) in [4.78, 5) is 14.2. The third kappa shape index (κ3) is 2.34. The number of oxazole rings is 1. The van der Waals surface area contributed by atoms with E-state index in [2.05, 4.69) is 22.1 Å². The number of aromatic nitrogens is 1. The Morgan fingerprint density at radius 3 is 3.12 bits per heavy atom. The average Bonchev–Trinajstić information content (AvgIpc) is 2.70. The van der Waals surface area contributed by atoms with Crippen LogP contribution in [0.3, 0.4) is 0 Å². The van der Waals surface area contributed by atoms with Crippen molar-refractivity contribution in [1.82, 2.24) is 4.98 Å². The van der Waals surface area contributed by atoms with Crippen molar-refractivity contribution in [2.75, 3.05) is 11.9 Å². The molecule has 6 heteroatoms. The van der Waals surface area contributed by atoms with E-state index in [9.17, 15) is 10.1 Å². The molecule has 86 valence electrons. The zero-order valence-electron chi connectivity index (χ0n) is 9.06. The molecule has 0 aliphatic rings. The van der Waals surface area contributed by atoms with Gasteiger partial charge in [-0.05, 0) is 13.0 Å². The van der Waals surface area contributed by atoms with Crippen LogP contribution >= 0.6 is 0 Å². The Morgan fingerprint density at radius 1 is 1.59 bits per heavy atom. The highest BCUT2D eigenvalue weighted by Crippen LogP contribution is 2.23. The lowest BCUT2D eigenvalue weighted by atomic mass is 10.3. The molecule has 1 N–H and O–H groups in total. The molecule has 2 aromatic rings. The molecular formula is C11H9N3O3. The molecule has 1 aromatic heterocycles. The van der Waals surface area contributed by atoms with Crippen LogP contribution in [0.4, 0.5) is 11.7 Å². The van der Waals surface area contributed by atoms with Gasteiger partial charge in [0.15, 0.2) is 5.58 Å². The summed E-state index contributed by atoms with van der Waals surface area (Å²) in [5, 5.41) is 13.4. The quantitative estimate of drug-likeness (QED) is 0.497. The zero-order valence-corrected chi connectivity index (χ0v) is 9.06. The Morgan fingerprint density at radius 2 is 2.41 bits per heavy atom. The van der Waals surface area contributed by atoms with Gasteiger partial charge >= 0.3 is 0 Å². The summed E-state index contributed by atoms with van der Waals surface area (Å²) in [6.45, 7) is 2.16. The van der Waals surface area contributed by atoms with E-state index in [1.54, 1.807) is 13.0 Å². The van der Waals surface area contributed by atoms with Crippen LogP contribution in [-0.4, -0.2) is 16.5 Å². The van der Waals surface area contributed by atoms with Crippen LogP contribution in [0.2, 0.25) is 0 Å². The summed E-state index contributed by atoms with van der Waals surface area (Å²) in [5.74, 6) is 5.53. The molecular weight excluding hydrogens is 222 g/mol. The Labute approximate surface area is 96.8 Å². The van der Waals surface area contributed by atoms with Gasteiger partial charge in [-0.15, -0.1) is 5.92 Å². The maximum atomic E-state index is 10.6. The van der Waals surface area contributed by atoms with Crippen LogP contribution in [0.15, 0.2) is 22.6 Å². The fourth-order valence-corrected chi connectivity index (χ4v) is 1.31. The standard InChI is InChI=1S/C11H9N3O3/c1-2-3-6-12-11-13-9-5-4-8(14(15)16)7-10(9)17-11/h4-5,7H,6H2,1H3,(H,12,13). The minimum absolute atomic E-state index is 0.0199. The molecule has 0 saturated carbocycles. The first-order valence-electron chi connectivity index (χ1n) is 4.89. The molecule has 0 unspecified atom stereocenters. The number of anilines is 1. The van der Waals surface area contributed by atoms with Crippen molar-refractivity contribution in [3.63, 3.8) is 0 Å². The predicted octanol–water partition coefficient (Wildman–Crippen LogP) is 2.17. The van der Waals surface area contributed by atoms with Crippen molar-refractivity contribution in [3.05, 3.63) is 28.3 Å². The predicted molar refractivity (Wildman–Crippen MR) is 62.6 cm³/mol. The van der Waals surface area contributed by atoms with Crippen LogP contribution in [-0.2, 0) is 0 Å². The van der Waals surface area contributed by atoms with Gasteiger partial charge in [-0.1, -0.05) is 5.92 Å². The monoisotopic (exact) mass is 231 g/mol. The van der Waals surface area contributed by atoms with Gasteiger partial charge < -0.3 is 9.73 Å². The largest absolute Gasteiger partial charge is 0.423 e.